The predicted octanol–water partition coefficient (Wildman–Crippen LogP) is 15.1. The van der Waals surface area contributed by atoms with Crippen LogP contribution in [0, 0.1) is 0 Å². The summed E-state index contributed by atoms with van der Waals surface area (Å²) in [5, 5.41) is 4.77. The van der Waals surface area contributed by atoms with Gasteiger partial charge in [-0.25, -0.2) is 0 Å². The van der Waals surface area contributed by atoms with Crippen molar-refractivity contribution in [1.82, 2.24) is 0 Å². The van der Waals surface area contributed by atoms with Crippen LogP contribution in [0.15, 0.2) is 209 Å². The van der Waals surface area contributed by atoms with Crippen molar-refractivity contribution in [2.45, 2.75) is 0 Å². The molecule has 0 saturated heterocycles. The number of furan rings is 2. The molecule has 55 heavy (non-hydrogen) atoms. The van der Waals surface area contributed by atoms with Crippen LogP contribution in [0.1, 0.15) is 11.0 Å². The van der Waals surface area contributed by atoms with Gasteiger partial charge in [-0.15, -0.1) is 0 Å². The number of hydrogen-bond acceptors (Lipinski definition) is 3. The zero-order chi connectivity index (χ0) is 43.3. The largest absolute Gasteiger partial charge is 0.456 e. The Bertz CT molecular complexity index is 3620. The fraction of sp³-hybridized carbons (Fsp3) is 0. The molecule has 0 radical (unpaired) electrons. The summed E-state index contributed by atoms with van der Waals surface area (Å²) in [4.78, 5) is 1.35. The lowest BCUT2D eigenvalue weighted by molar-refractivity contribution is 0.669. The van der Waals surface area contributed by atoms with Crippen molar-refractivity contribution in [3.05, 3.63) is 200 Å². The highest BCUT2D eigenvalue weighted by Gasteiger charge is 2.21. The van der Waals surface area contributed by atoms with Crippen molar-refractivity contribution in [1.29, 1.82) is 0 Å². The van der Waals surface area contributed by atoms with Gasteiger partial charge in [0.25, 0.3) is 0 Å². The Morgan fingerprint density at radius 1 is 0.364 bits per heavy atom. The Labute approximate surface area is 329 Å². The van der Waals surface area contributed by atoms with Crippen LogP contribution in [0.25, 0.3) is 88.0 Å². The standard InChI is InChI=1S/C52H33NO2/c1-2-9-34(10-3-1)35-17-19-36(20-18-35)37-21-27-41(28-22-37)53(47-14-8-16-49-51(47)46-32-25-39-11-4-5-12-43(39)52(46)55-49)42-29-23-38(24-30-42)40-26-31-45-44-13-6-7-15-48(44)54-50(45)33-40/h1-33H/i21D,22D,23D,24D,27D,28D,29D,30D. The number of benzene rings is 9. The van der Waals surface area contributed by atoms with E-state index < -0.39 is 24.2 Å². The maximum absolute atomic E-state index is 9.67. The summed E-state index contributed by atoms with van der Waals surface area (Å²) in [7, 11) is 0. The van der Waals surface area contributed by atoms with E-state index in [4.69, 9.17) is 8.83 Å². The molecule has 0 spiro atoms. The van der Waals surface area contributed by atoms with E-state index >= 15 is 0 Å². The minimum atomic E-state index is -0.441. The van der Waals surface area contributed by atoms with E-state index in [-0.39, 0.29) is 46.7 Å². The zero-order valence-corrected chi connectivity index (χ0v) is 29.2. The molecule has 11 aromatic rings. The van der Waals surface area contributed by atoms with Crippen molar-refractivity contribution in [3.8, 4) is 33.4 Å². The molecule has 11 rings (SSSR count). The van der Waals surface area contributed by atoms with Gasteiger partial charge in [-0.1, -0.05) is 139 Å². The van der Waals surface area contributed by atoms with Crippen molar-refractivity contribution in [2.75, 3.05) is 4.90 Å². The van der Waals surface area contributed by atoms with Crippen LogP contribution < -0.4 is 4.90 Å². The molecule has 0 amide bonds. The Kier molecular flexibility index (Phi) is 5.53. The molecule has 0 fully saturated rings. The molecule has 0 aliphatic heterocycles. The second kappa shape index (κ2) is 12.6. The molecule has 9 aromatic carbocycles. The van der Waals surface area contributed by atoms with Gasteiger partial charge >= 0.3 is 0 Å². The molecule has 0 aliphatic rings. The third-order valence-electron chi connectivity index (χ3n) is 10.2. The van der Waals surface area contributed by atoms with Crippen molar-refractivity contribution < 1.29 is 19.8 Å². The number of fused-ring (bicyclic) bond motifs is 8. The van der Waals surface area contributed by atoms with Crippen LogP contribution in [-0.2, 0) is 0 Å². The van der Waals surface area contributed by atoms with Gasteiger partial charge in [0.2, 0.25) is 0 Å². The molecule has 258 valence electrons. The summed E-state index contributed by atoms with van der Waals surface area (Å²) in [6.45, 7) is 0. The maximum atomic E-state index is 9.67. The van der Waals surface area contributed by atoms with Crippen molar-refractivity contribution >= 4 is 71.7 Å². The minimum absolute atomic E-state index is 0.0448. The molecule has 2 heterocycles. The average Bonchev–Trinajstić information content (AvgIpc) is 3.89. The van der Waals surface area contributed by atoms with Crippen LogP contribution in [0.3, 0.4) is 0 Å². The third kappa shape index (κ3) is 5.28. The first kappa shape index (κ1) is 24.1. The predicted molar refractivity (Wildman–Crippen MR) is 229 cm³/mol. The smallest absolute Gasteiger partial charge is 0.143 e. The Balaban J connectivity index is 1.17. The molecule has 0 N–H and O–H groups in total. The number of hydrogen-bond donors (Lipinski definition) is 0. The molecule has 0 aliphatic carbocycles. The molecule has 0 unspecified atom stereocenters. The lowest BCUT2D eigenvalue weighted by Crippen LogP contribution is -2.10. The molecular weight excluding hydrogens is 671 g/mol. The molecule has 0 saturated carbocycles. The van der Waals surface area contributed by atoms with Crippen LogP contribution in [-0.4, -0.2) is 0 Å². The van der Waals surface area contributed by atoms with Gasteiger partial charge < -0.3 is 13.7 Å². The van der Waals surface area contributed by atoms with E-state index in [1.165, 1.54) is 4.90 Å². The molecule has 0 atom stereocenters. The molecule has 2 aromatic heterocycles. The van der Waals surface area contributed by atoms with Crippen molar-refractivity contribution in [2.24, 2.45) is 0 Å². The fourth-order valence-electron chi connectivity index (χ4n) is 7.54. The summed E-state index contributed by atoms with van der Waals surface area (Å²) in [5.74, 6) is 0. The first-order chi connectivity index (χ1) is 30.6. The highest BCUT2D eigenvalue weighted by Crippen LogP contribution is 2.45. The van der Waals surface area contributed by atoms with E-state index in [0.29, 0.717) is 49.9 Å². The maximum Gasteiger partial charge on any atom is 0.143 e. The SMILES string of the molecule is [2H]c1c([2H])c(N(c2c([2H])c([2H])c(-c3ccc4c(c3)oc3ccccc34)c([2H])c2[2H])c2cccc3oc4c5ccccc5ccc4c23)c([2H])c([2H])c1-c1ccc(-c2ccccc2)cc1. The highest BCUT2D eigenvalue weighted by molar-refractivity contribution is 6.19. The Hall–Kier alpha value is -7.36. The molecular formula is C52H33NO2. The summed E-state index contributed by atoms with van der Waals surface area (Å²) in [6, 6.07) is 43.8. The lowest BCUT2D eigenvalue weighted by Gasteiger charge is -2.26. The first-order valence-electron chi connectivity index (χ1n) is 22.0. The minimum Gasteiger partial charge on any atom is -0.456 e. The van der Waals surface area contributed by atoms with Crippen molar-refractivity contribution in [3.63, 3.8) is 0 Å². The van der Waals surface area contributed by atoms with E-state index in [2.05, 4.69) is 0 Å². The highest BCUT2D eigenvalue weighted by atomic mass is 16.3. The average molecular weight is 712 g/mol. The van der Waals surface area contributed by atoms with Gasteiger partial charge in [0.1, 0.15) is 22.3 Å². The zero-order valence-electron chi connectivity index (χ0n) is 37.2. The second-order valence-electron chi connectivity index (χ2n) is 13.5. The molecule has 3 heteroatoms. The van der Waals surface area contributed by atoms with E-state index in [1.54, 1.807) is 42.5 Å². The van der Waals surface area contributed by atoms with Gasteiger partial charge in [0, 0.05) is 32.9 Å². The monoisotopic (exact) mass is 711 g/mol. The van der Waals surface area contributed by atoms with E-state index in [9.17, 15) is 11.0 Å². The van der Waals surface area contributed by atoms with Gasteiger partial charge in [0.05, 0.1) is 22.0 Å². The van der Waals surface area contributed by atoms with E-state index in [1.807, 2.05) is 109 Å². The van der Waals surface area contributed by atoms with Gasteiger partial charge in [-0.2, -0.15) is 0 Å². The summed E-state index contributed by atoms with van der Waals surface area (Å²) in [5.41, 5.74) is 4.98. The third-order valence-corrected chi connectivity index (χ3v) is 10.2. The van der Waals surface area contributed by atoms with Crippen LogP contribution in [0.2, 0.25) is 0 Å². The normalized spacial score (nSPS) is 13.7. The van der Waals surface area contributed by atoms with Gasteiger partial charge in [-0.3, -0.25) is 0 Å². The molecule has 3 nitrogen and oxygen atoms in total. The first-order valence-corrected chi connectivity index (χ1v) is 18.0. The summed E-state index contributed by atoms with van der Waals surface area (Å²) in [6.07, 6.45) is 0. The van der Waals surface area contributed by atoms with Gasteiger partial charge in [0.15, 0.2) is 0 Å². The Morgan fingerprint density at radius 2 is 0.927 bits per heavy atom. The Morgan fingerprint density at radius 3 is 1.69 bits per heavy atom. The topological polar surface area (TPSA) is 29.5 Å². The number of rotatable bonds is 6. The second-order valence-corrected chi connectivity index (χ2v) is 13.5. The molecule has 0 bridgehead atoms. The summed E-state index contributed by atoms with van der Waals surface area (Å²) < 4.78 is 89.1. The fourth-order valence-corrected chi connectivity index (χ4v) is 7.54. The number of nitrogens with zero attached hydrogens (tertiary/aromatic N) is 1. The quantitative estimate of drug-likeness (QED) is 0.172. The van der Waals surface area contributed by atoms with Crippen LogP contribution >= 0.6 is 0 Å². The lowest BCUT2D eigenvalue weighted by atomic mass is 9.99. The summed E-state index contributed by atoms with van der Waals surface area (Å²) >= 11 is 0. The number of anilines is 3. The van der Waals surface area contributed by atoms with E-state index in [0.717, 1.165) is 32.7 Å². The number of para-hydroxylation sites is 1. The van der Waals surface area contributed by atoms with Crippen LogP contribution in [0.4, 0.5) is 17.1 Å². The van der Waals surface area contributed by atoms with Gasteiger partial charge in [-0.05, 0) is 99.3 Å². The van der Waals surface area contributed by atoms with Crippen LogP contribution in [0.5, 0.6) is 0 Å².